The van der Waals surface area contributed by atoms with Crippen LogP contribution in [0.3, 0.4) is 0 Å². The largest absolute Gasteiger partial charge is 0.510 e. The number of pyridine rings is 1. The monoisotopic (exact) mass is 979 g/mol. The van der Waals surface area contributed by atoms with Crippen LogP contribution in [0.1, 0.15) is 40.0 Å². The molecule has 7 nitrogen and oxygen atoms in total. The average molecular weight is 980 g/mol. The van der Waals surface area contributed by atoms with Gasteiger partial charge in [-0.3, -0.25) is 4.57 Å². The SMILES string of the molecule is [2H]c1c([2H])c([2H])c2c(c1[2H])Oc1c([2H])c(-[n+]3[c-]n(-c4[c-]c(Oc5[c-]c6c(cc5)c5ccccc5n6-c5cc(C(C)(C)C)ccn5)ccc4)c4ccccc43)c([2H])c3c1B2c1c([2H])c([2H])c([2H])c([2H])c1O3.[Pt]. The Morgan fingerprint density at radius 2 is 1.41 bits per heavy atom. The summed E-state index contributed by atoms with van der Waals surface area (Å²) in [7, 11) is 0. The zero-order valence-electron chi connectivity index (χ0n) is 42.6. The fraction of sp³-hybridized carbons (Fsp3) is 0.0769. The Labute approximate surface area is 381 Å². The van der Waals surface area contributed by atoms with E-state index in [4.69, 9.17) is 30.2 Å². The summed E-state index contributed by atoms with van der Waals surface area (Å²) < 4.78 is 114. The number of hydrogen-bond acceptors (Lipinski definition) is 4. The van der Waals surface area contributed by atoms with E-state index >= 15 is 0 Å². The van der Waals surface area contributed by atoms with Crippen molar-refractivity contribution in [2.75, 3.05) is 0 Å². The summed E-state index contributed by atoms with van der Waals surface area (Å²) in [5, 5.41) is 2.03. The smallest absolute Gasteiger partial charge is 0.268 e. The Morgan fingerprint density at radius 1 is 0.721 bits per heavy atom. The van der Waals surface area contributed by atoms with Crippen LogP contribution in [-0.2, 0) is 26.5 Å². The Bertz CT molecular complexity index is 3870. The van der Waals surface area contributed by atoms with Gasteiger partial charge in [0.05, 0.1) is 30.4 Å². The van der Waals surface area contributed by atoms with Crippen LogP contribution in [0.4, 0.5) is 0 Å². The molecule has 61 heavy (non-hydrogen) atoms. The number of para-hydroxylation sites is 5. The zero-order chi connectivity index (χ0) is 48.8. The van der Waals surface area contributed by atoms with Gasteiger partial charge in [-0.2, -0.15) is 18.2 Å². The van der Waals surface area contributed by atoms with Gasteiger partial charge >= 0.3 is 0 Å². The molecule has 9 heteroatoms. The molecule has 0 atom stereocenters. The number of fused-ring (bicyclic) bond motifs is 8. The Balaban J connectivity index is 0.00000547. The average Bonchev–Trinajstić information content (AvgIpc) is 3.90. The molecular weight excluding hydrogens is 934 g/mol. The number of hydrogen-bond donors (Lipinski definition) is 0. The van der Waals surface area contributed by atoms with Crippen molar-refractivity contribution in [2.24, 2.45) is 0 Å². The molecule has 0 radical (unpaired) electrons. The van der Waals surface area contributed by atoms with Crippen molar-refractivity contribution in [3.05, 3.63) is 182 Å². The van der Waals surface area contributed by atoms with Crippen LogP contribution in [0.25, 0.3) is 50.0 Å². The fourth-order valence-corrected chi connectivity index (χ4v) is 8.17. The quantitative estimate of drug-likeness (QED) is 0.0981. The second-order valence-corrected chi connectivity index (χ2v) is 15.6. The predicted octanol–water partition coefficient (Wildman–Crippen LogP) is 9.61. The first-order valence-electron chi connectivity index (χ1n) is 24.3. The third kappa shape index (κ3) is 6.00. The van der Waals surface area contributed by atoms with Gasteiger partial charge in [-0.05, 0) is 75.3 Å². The topological polar surface area (TPSA) is 54.3 Å². The van der Waals surface area contributed by atoms with Gasteiger partial charge in [-0.25, -0.2) is 4.98 Å². The van der Waals surface area contributed by atoms with Crippen molar-refractivity contribution >= 4 is 55.9 Å². The molecule has 10 aromatic rings. The molecule has 7 aromatic carbocycles. The first kappa shape index (κ1) is 27.8. The molecule has 296 valence electrons. The van der Waals surface area contributed by atoms with Crippen LogP contribution in [0.5, 0.6) is 34.5 Å². The van der Waals surface area contributed by atoms with Crippen LogP contribution in [0, 0.1) is 18.5 Å². The third-order valence-corrected chi connectivity index (χ3v) is 11.0. The molecule has 12 rings (SSSR count). The van der Waals surface area contributed by atoms with Gasteiger partial charge in [-0.15, -0.1) is 29.7 Å². The van der Waals surface area contributed by atoms with Gasteiger partial charge in [-0.1, -0.05) is 105 Å². The van der Waals surface area contributed by atoms with E-state index in [9.17, 15) is 2.74 Å². The summed E-state index contributed by atoms with van der Waals surface area (Å²) in [6.45, 7) is 5.19. The molecule has 5 heterocycles. The normalized spacial score (nSPS) is 14.9. The van der Waals surface area contributed by atoms with E-state index in [1.165, 1.54) is 4.57 Å². The third-order valence-electron chi connectivity index (χ3n) is 11.0. The number of aromatic nitrogens is 4. The zero-order valence-corrected chi connectivity index (χ0v) is 34.9. The standard InChI is InChI=1S/C52H35BN4O3.Pt/c1-52(2,3)33-25-26-54-50(27-33)57-42-18-7-4-15-38(42)39-24-23-37(31-45(39)57)58-36-14-12-13-34(28-36)55-32-56(44-20-9-8-19-43(44)55)35-29-48-51-49(30-35)60-47-22-11-6-17-41(47)53(51)40-16-5-10-21-46(40)59-48;/h4-27,29-30H,1-3H3;/q-2;/i5D,6D,10D,11D,16D,17D,21D,22D,29D,30D;. The van der Waals surface area contributed by atoms with E-state index in [-0.39, 0.29) is 83.6 Å². The van der Waals surface area contributed by atoms with Gasteiger partial charge in [0.1, 0.15) is 28.8 Å². The number of rotatable bonds is 5. The molecule has 0 aliphatic carbocycles. The van der Waals surface area contributed by atoms with Crippen LogP contribution in [-0.4, -0.2) is 20.8 Å². The molecule has 2 aliphatic rings. The first-order chi connectivity index (χ1) is 33.5. The summed E-state index contributed by atoms with van der Waals surface area (Å²) in [5.41, 5.74) is 4.14. The molecule has 0 saturated carbocycles. The van der Waals surface area contributed by atoms with Crippen LogP contribution in [0.2, 0.25) is 0 Å². The summed E-state index contributed by atoms with van der Waals surface area (Å²) >= 11 is 0. The molecule has 0 saturated heterocycles. The van der Waals surface area contributed by atoms with Gasteiger partial charge in [0.15, 0.2) is 0 Å². The molecule has 0 bridgehead atoms. The van der Waals surface area contributed by atoms with Crippen molar-refractivity contribution < 1.29 is 53.6 Å². The van der Waals surface area contributed by atoms with E-state index in [2.05, 4.69) is 62.0 Å². The van der Waals surface area contributed by atoms with Gasteiger partial charge in [0, 0.05) is 49.7 Å². The van der Waals surface area contributed by atoms with E-state index in [1.807, 2.05) is 54.7 Å². The van der Waals surface area contributed by atoms with Gasteiger partial charge in [0.25, 0.3) is 13.0 Å². The minimum Gasteiger partial charge on any atom is -0.510 e. The maximum Gasteiger partial charge on any atom is 0.268 e. The number of nitrogens with zero attached hydrogens (tertiary/aromatic N) is 4. The maximum atomic E-state index is 9.72. The number of ether oxygens (including phenoxy) is 3. The molecular formula is C52H35BN4O3Pt-2. The second kappa shape index (κ2) is 14.1. The Morgan fingerprint density at radius 3 is 2.16 bits per heavy atom. The minimum atomic E-state index is -1.31. The minimum absolute atomic E-state index is 0. The molecule has 2 aliphatic heterocycles. The summed E-state index contributed by atoms with van der Waals surface area (Å²) in [5.74, 6) is 0.536. The van der Waals surface area contributed by atoms with Gasteiger partial charge < -0.3 is 23.3 Å². The van der Waals surface area contributed by atoms with Crippen molar-refractivity contribution in [3.63, 3.8) is 0 Å². The van der Waals surface area contributed by atoms with Crippen LogP contribution in [0.15, 0.2) is 158 Å². The maximum absolute atomic E-state index is 9.72. The molecule has 0 N–H and O–H groups in total. The summed E-state index contributed by atoms with van der Waals surface area (Å²) in [6, 6.07) is 30.5. The second-order valence-electron chi connectivity index (χ2n) is 15.6. The van der Waals surface area contributed by atoms with Crippen molar-refractivity contribution in [3.8, 4) is 51.7 Å². The van der Waals surface area contributed by atoms with Crippen LogP contribution < -0.4 is 35.2 Å². The molecule has 0 unspecified atom stereocenters. The number of imidazole rings is 1. The van der Waals surface area contributed by atoms with Gasteiger partial charge in [0.2, 0.25) is 0 Å². The predicted molar refractivity (Wildman–Crippen MR) is 236 cm³/mol. The Kier molecular flexibility index (Phi) is 6.43. The number of benzene rings is 7. The fourth-order valence-electron chi connectivity index (χ4n) is 8.17. The van der Waals surface area contributed by atoms with E-state index in [0.29, 0.717) is 28.2 Å². The van der Waals surface area contributed by atoms with Crippen molar-refractivity contribution in [2.45, 2.75) is 26.2 Å². The molecule has 0 spiro atoms. The summed E-state index contributed by atoms with van der Waals surface area (Å²) in [4.78, 5) is 4.79. The molecule has 0 amide bonds. The van der Waals surface area contributed by atoms with Crippen molar-refractivity contribution in [1.29, 1.82) is 0 Å². The first-order valence-corrected chi connectivity index (χ1v) is 19.3. The molecule has 3 aromatic heterocycles. The van der Waals surface area contributed by atoms with E-state index in [0.717, 1.165) is 33.2 Å². The molecule has 0 fully saturated rings. The van der Waals surface area contributed by atoms with E-state index < -0.39 is 55.1 Å². The Hall–Kier alpha value is -6.89. The van der Waals surface area contributed by atoms with Crippen LogP contribution >= 0.6 is 0 Å². The van der Waals surface area contributed by atoms with E-state index in [1.54, 1.807) is 28.8 Å². The summed E-state index contributed by atoms with van der Waals surface area (Å²) in [6.07, 6.45) is 5.14. The van der Waals surface area contributed by atoms with Crippen molar-refractivity contribution in [1.82, 2.24) is 14.1 Å².